The Morgan fingerprint density at radius 2 is 1.85 bits per heavy atom. The number of nitrogens with zero attached hydrogens (tertiary/aromatic N) is 2. The standard InChI is InChI=1S/C22H29N3O2/c1-17-7-4-5-8-19(17)16-24-11-13-25(14-12-24)18(2)22(26)23-20-9-6-10-21(15-20)27-3/h4-10,15,18H,11-14,16H2,1-3H3,(H,23,26)/t18-/m0/s1. The molecule has 1 atom stereocenters. The Labute approximate surface area is 161 Å². The minimum Gasteiger partial charge on any atom is -0.497 e. The Bertz CT molecular complexity index is 770. The number of carbonyl (C=O) groups excluding carboxylic acids is 1. The van der Waals surface area contributed by atoms with Crippen LogP contribution in [-0.2, 0) is 11.3 Å². The Hall–Kier alpha value is -2.37. The van der Waals surface area contributed by atoms with E-state index in [1.54, 1.807) is 7.11 Å². The Morgan fingerprint density at radius 1 is 1.11 bits per heavy atom. The van der Waals surface area contributed by atoms with Gasteiger partial charge in [0, 0.05) is 44.5 Å². The topological polar surface area (TPSA) is 44.8 Å². The summed E-state index contributed by atoms with van der Waals surface area (Å²) < 4.78 is 5.21. The first kappa shape index (κ1) is 19.4. The monoisotopic (exact) mass is 367 g/mol. The van der Waals surface area contributed by atoms with E-state index in [2.05, 4.69) is 46.3 Å². The molecule has 5 nitrogen and oxygen atoms in total. The van der Waals surface area contributed by atoms with Crippen LogP contribution in [0.5, 0.6) is 5.75 Å². The average Bonchev–Trinajstić information content (AvgIpc) is 2.70. The number of hydrogen-bond acceptors (Lipinski definition) is 4. The van der Waals surface area contributed by atoms with Gasteiger partial charge in [0.05, 0.1) is 13.2 Å². The molecule has 2 aromatic rings. The number of ether oxygens (including phenoxy) is 1. The molecule has 1 saturated heterocycles. The first-order valence-electron chi connectivity index (χ1n) is 9.52. The van der Waals surface area contributed by atoms with Crippen LogP contribution >= 0.6 is 0 Å². The van der Waals surface area contributed by atoms with Crippen LogP contribution in [0.4, 0.5) is 5.69 Å². The summed E-state index contributed by atoms with van der Waals surface area (Å²) in [5.41, 5.74) is 3.49. The Morgan fingerprint density at radius 3 is 2.56 bits per heavy atom. The van der Waals surface area contributed by atoms with Gasteiger partial charge in [0.15, 0.2) is 0 Å². The molecule has 27 heavy (non-hydrogen) atoms. The highest BCUT2D eigenvalue weighted by molar-refractivity contribution is 5.94. The van der Waals surface area contributed by atoms with E-state index in [9.17, 15) is 4.79 Å². The molecule has 1 heterocycles. The zero-order valence-electron chi connectivity index (χ0n) is 16.4. The van der Waals surface area contributed by atoms with Crippen molar-refractivity contribution in [3.8, 4) is 5.75 Å². The summed E-state index contributed by atoms with van der Waals surface area (Å²) in [6.45, 7) is 8.88. The highest BCUT2D eigenvalue weighted by Crippen LogP contribution is 2.18. The number of amides is 1. The first-order chi connectivity index (χ1) is 13.1. The van der Waals surface area contributed by atoms with Gasteiger partial charge in [-0.2, -0.15) is 0 Å². The van der Waals surface area contributed by atoms with Crippen molar-refractivity contribution in [1.82, 2.24) is 9.80 Å². The van der Waals surface area contributed by atoms with Gasteiger partial charge in [-0.1, -0.05) is 30.3 Å². The number of anilines is 1. The number of piperazine rings is 1. The normalized spacial score (nSPS) is 16.7. The maximum absolute atomic E-state index is 12.6. The van der Waals surface area contributed by atoms with E-state index in [0.29, 0.717) is 0 Å². The molecule has 1 N–H and O–H groups in total. The average molecular weight is 367 g/mol. The summed E-state index contributed by atoms with van der Waals surface area (Å²) in [6.07, 6.45) is 0. The van der Waals surface area contributed by atoms with Crippen molar-refractivity contribution in [1.29, 1.82) is 0 Å². The van der Waals surface area contributed by atoms with Gasteiger partial charge < -0.3 is 10.1 Å². The lowest BCUT2D eigenvalue weighted by Crippen LogP contribution is -2.52. The lowest BCUT2D eigenvalue weighted by atomic mass is 10.1. The molecule has 5 heteroatoms. The summed E-state index contributed by atoms with van der Waals surface area (Å²) >= 11 is 0. The van der Waals surface area contributed by atoms with Crippen molar-refractivity contribution >= 4 is 11.6 Å². The lowest BCUT2D eigenvalue weighted by Gasteiger charge is -2.37. The molecule has 1 aliphatic heterocycles. The molecule has 0 spiro atoms. The highest BCUT2D eigenvalue weighted by atomic mass is 16.5. The molecule has 0 unspecified atom stereocenters. The summed E-state index contributed by atoms with van der Waals surface area (Å²) in [6, 6.07) is 15.9. The predicted octanol–water partition coefficient (Wildman–Crippen LogP) is 3.15. The fourth-order valence-electron chi connectivity index (χ4n) is 3.45. The number of hydrogen-bond donors (Lipinski definition) is 1. The van der Waals surface area contributed by atoms with Gasteiger partial charge in [-0.3, -0.25) is 14.6 Å². The largest absolute Gasteiger partial charge is 0.497 e. The SMILES string of the molecule is COc1cccc(NC(=O)[C@H](C)N2CCN(Cc3ccccc3C)CC2)c1. The Balaban J connectivity index is 1.51. The number of benzene rings is 2. The predicted molar refractivity (Wildman–Crippen MR) is 109 cm³/mol. The Kier molecular flexibility index (Phi) is 6.48. The van der Waals surface area contributed by atoms with Crippen molar-refractivity contribution < 1.29 is 9.53 Å². The van der Waals surface area contributed by atoms with Crippen LogP contribution in [0.2, 0.25) is 0 Å². The quantitative estimate of drug-likeness (QED) is 0.852. The van der Waals surface area contributed by atoms with Crippen molar-refractivity contribution in [2.45, 2.75) is 26.4 Å². The molecule has 0 bridgehead atoms. The third-order valence-electron chi connectivity index (χ3n) is 5.33. The summed E-state index contributed by atoms with van der Waals surface area (Å²) in [5.74, 6) is 0.765. The fraction of sp³-hybridized carbons (Fsp3) is 0.409. The summed E-state index contributed by atoms with van der Waals surface area (Å²) in [4.78, 5) is 17.3. The zero-order chi connectivity index (χ0) is 19.2. The molecule has 144 valence electrons. The second-order valence-electron chi connectivity index (χ2n) is 7.14. The molecular formula is C22H29N3O2. The van der Waals surface area contributed by atoms with Crippen molar-refractivity contribution in [2.24, 2.45) is 0 Å². The molecule has 0 aromatic heterocycles. The fourth-order valence-corrected chi connectivity index (χ4v) is 3.45. The van der Waals surface area contributed by atoms with Gasteiger partial charge in [-0.15, -0.1) is 0 Å². The summed E-state index contributed by atoms with van der Waals surface area (Å²) in [7, 11) is 1.62. The number of carbonyl (C=O) groups is 1. The van der Waals surface area contributed by atoms with Crippen LogP contribution in [0.25, 0.3) is 0 Å². The molecule has 1 fully saturated rings. The number of rotatable bonds is 6. The lowest BCUT2D eigenvalue weighted by molar-refractivity contribution is -0.121. The minimum absolute atomic E-state index is 0.0237. The van der Waals surface area contributed by atoms with Crippen LogP contribution in [0.1, 0.15) is 18.1 Å². The van der Waals surface area contributed by atoms with Gasteiger partial charge in [0.25, 0.3) is 0 Å². The van der Waals surface area contributed by atoms with Crippen LogP contribution in [0.3, 0.4) is 0 Å². The molecule has 2 aromatic carbocycles. The van der Waals surface area contributed by atoms with E-state index in [4.69, 9.17) is 4.74 Å². The van der Waals surface area contributed by atoms with Gasteiger partial charge in [-0.05, 0) is 37.1 Å². The van der Waals surface area contributed by atoms with Crippen molar-refractivity contribution in [2.75, 3.05) is 38.6 Å². The molecule has 3 rings (SSSR count). The number of nitrogens with one attached hydrogen (secondary N) is 1. The van der Waals surface area contributed by atoms with Crippen molar-refractivity contribution in [3.63, 3.8) is 0 Å². The number of aryl methyl sites for hydroxylation is 1. The van der Waals surface area contributed by atoms with Crippen LogP contribution in [0, 0.1) is 6.92 Å². The van der Waals surface area contributed by atoms with E-state index in [1.165, 1.54) is 11.1 Å². The van der Waals surface area contributed by atoms with Gasteiger partial charge >= 0.3 is 0 Å². The third-order valence-corrected chi connectivity index (χ3v) is 5.33. The molecule has 1 amide bonds. The molecule has 1 aliphatic rings. The maximum atomic E-state index is 12.6. The van der Waals surface area contributed by atoms with E-state index in [1.807, 2.05) is 31.2 Å². The smallest absolute Gasteiger partial charge is 0.241 e. The second kappa shape index (κ2) is 9.02. The molecule has 0 saturated carbocycles. The van der Waals surface area contributed by atoms with E-state index in [-0.39, 0.29) is 11.9 Å². The summed E-state index contributed by atoms with van der Waals surface area (Å²) in [5, 5.41) is 3.00. The molecular weight excluding hydrogens is 338 g/mol. The van der Waals surface area contributed by atoms with Gasteiger partial charge in [0.2, 0.25) is 5.91 Å². The minimum atomic E-state index is -0.156. The zero-order valence-corrected chi connectivity index (χ0v) is 16.4. The number of methoxy groups -OCH3 is 1. The molecule has 0 aliphatic carbocycles. The van der Waals surface area contributed by atoms with E-state index in [0.717, 1.165) is 44.2 Å². The van der Waals surface area contributed by atoms with Gasteiger partial charge in [0.1, 0.15) is 5.75 Å². The molecule has 0 radical (unpaired) electrons. The first-order valence-corrected chi connectivity index (χ1v) is 9.52. The van der Waals surface area contributed by atoms with Crippen molar-refractivity contribution in [3.05, 3.63) is 59.7 Å². The van der Waals surface area contributed by atoms with Crippen LogP contribution < -0.4 is 10.1 Å². The third kappa shape index (κ3) is 5.08. The maximum Gasteiger partial charge on any atom is 0.241 e. The highest BCUT2D eigenvalue weighted by Gasteiger charge is 2.25. The van der Waals surface area contributed by atoms with E-state index < -0.39 is 0 Å². The van der Waals surface area contributed by atoms with Crippen LogP contribution in [-0.4, -0.2) is 55.0 Å². The van der Waals surface area contributed by atoms with Gasteiger partial charge in [-0.25, -0.2) is 0 Å². The second-order valence-corrected chi connectivity index (χ2v) is 7.14. The van der Waals surface area contributed by atoms with E-state index >= 15 is 0 Å². The van der Waals surface area contributed by atoms with Crippen LogP contribution in [0.15, 0.2) is 48.5 Å².